The van der Waals surface area contributed by atoms with Gasteiger partial charge >= 0.3 is 0 Å². The minimum atomic E-state index is 0.223. The molecule has 4 nitrogen and oxygen atoms in total. The van der Waals surface area contributed by atoms with Crippen LogP contribution in [0.15, 0.2) is 24.3 Å². The van der Waals surface area contributed by atoms with Crippen LogP contribution in [-0.4, -0.2) is 54.0 Å². The second-order valence-corrected chi connectivity index (χ2v) is 8.94. The Labute approximate surface area is 168 Å². The maximum absolute atomic E-state index is 13.0. The largest absolute Gasteiger partial charge is 0.382 e. The minimum absolute atomic E-state index is 0.223. The van der Waals surface area contributed by atoms with Gasteiger partial charge in [-0.3, -0.25) is 9.69 Å². The van der Waals surface area contributed by atoms with E-state index in [0.717, 1.165) is 68.6 Å². The number of piperazine rings is 1. The minimum Gasteiger partial charge on any atom is -0.382 e. The number of hydrogen-bond donors (Lipinski definition) is 1. The molecule has 0 unspecified atom stereocenters. The maximum atomic E-state index is 13.0. The number of nitrogens with zero attached hydrogens (tertiary/aromatic N) is 2. The van der Waals surface area contributed by atoms with Crippen LogP contribution in [0.1, 0.15) is 51.4 Å². The molecule has 1 saturated heterocycles. The second-order valence-electron chi connectivity index (χ2n) is 8.50. The van der Waals surface area contributed by atoms with E-state index in [-0.39, 0.29) is 5.92 Å². The predicted molar refractivity (Wildman–Crippen MR) is 111 cm³/mol. The third-order valence-electron chi connectivity index (χ3n) is 6.74. The fraction of sp³-hybridized carbons (Fsp3) is 0.682. The van der Waals surface area contributed by atoms with Gasteiger partial charge < -0.3 is 10.2 Å². The van der Waals surface area contributed by atoms with Crippen LogP contribution in [0.2, 0.25) is 5.02 Å². The molecule has 0 spiro atoms. The quantitative estimate of drug-likeness (QED) is 0.829. The van der Waals surface area contributed by atoms with E-state index >= 15 is 0 Å². The number of benzene rings is 1. The Morgan fingerprint density at radius 1 is 0.963 bits per heavy atom. The smallest absolute Gasteiger partial charge is 0.225 e. The molecular weight excluding hydrogens is 358 g/mol. The molecule has 27 heavy (non-hydrogen) atoms. The first-order chi connectivity index (χ1) is 13.2. The first-order valence-electron chi connectivity index (χ1n) is 10.7. The third-order valence-corrected chi connectivity index (χ3v) is 6.97. The Kier molecular flexibility index (Phi) is 6.24. The van der Waals surface area contributed by atoms with Gasteiger partial charge in [0.25, 0.3) is 0 Å². The van der Waals surface area contributed by atoms with Crippen molar-refractivity contribution < 1.29 is 4.79 Å². The van der Waals surface area contributed by atoms with Crippen molar-refractivity contribution >= 4 is 23.2 Å². The van der Waals surface area contributed by atoms with Crippen LogP contribution in [-0.2, 0) is 4.79 Å². The van der Waals surface area contributed by atoms with Crippen LogP contribution >= 0.6 is 11.6 Å². The Bertz CT molecular complexity index is 630. The van der Waals surface area contributed by atoms with E-state index in [0.29, 0.717) is 11.9 Å². The summed E-state index contributed by atoms with van der Waals surface area (Å²) in [6.07, 6.45) is 9.61. The summed E-state index contributed by atoms with van der Waals surface area (Å²) in [4.78, 5) is 17.7. The average molecular weight is 390 g/mol. The molecule has 1 aromatic carbocycles. The van der Waals surface area contributed by atoms with Crippen LogP contribution in [0.4, 0.5) is 5.69 Å². The van der Waals surface area contributed by atoms with E-state index in [1.807, 2.05) is 18.2 Å². The van der Waals surface area contributed by atoms with Crippen LogP contribution in [0.25, 0.3) is 0 Å². The fourth-order valence-corrected chi connectivity index (χ4v) is 5.32. The van der Waals surface area contributed by atoms with Gasteiger partial charge in [0.05, 0.1) is 0 Å². The second kappa shape index (κ2) is 8.83. The summed E-state index contributed by atoms with van der Waals surface area (Å²) in [5.41, 5.74) is 1.08. The van der Waals surface area contributed by atoms with Gasteiger partial charge in [-0.15, -0.1) is 0 Å². The van der Waals surface area contributed by atoms with Crippen LogP contribution in [0, 0.1) is 5.92 Å². The topological polar surface area (TPSA) is 35.6 Å². The third kappa shape index (κ3) is 4.78. The molecule has 3 aliphatic rings. The summed E-state index contributed by atoms with van der Waals surface area (Å²) in [7, 11) is 0. The molecular formula is C22H32ClN3O. The first-order valence-corrected chi connectivity index (χ1v) is 11.1. The van der Waals surface area contributed by atoms with Crippen molar-refractivity contribution in [3.63, 3.8) is 0 Å². The zero-order valence-electron chi connectivity index (χ0n) is 16.2. The summed E-state index contributed by atoms with van der Waals surface area (Å²) >= 11 is 6.07. The summed E-state index contributed by atoms with van der Waals surface area (Å²) in [5.74, 6) is 0.628. The molecule has 4 rings (SSSR count). The molecule has 1 heterocycles. The molecule has 5 heteroatoms. The molecule has 148 valence electrons. The van der Waals surface area contributed by atoms with Crippen molar-refractivity contribution in [2.45, 2.75) is 63.5 Å². The highest BCUT2D eigenvalue weighted by molar-refractivity contribution is 6.30. The molecule has 1 amide bonds. The van der Waals surface area contributed by atoms with E-state index in [2.05, 4.69) is 21.2 Å². The van der Waals surface area contributed by atoms with Gasteiger partial charge in [-0.2, -0.15) is 0 Å². The van der Waals surface area contributed by atoms with Gasteiger partial charge in [0.2, 0.25) is 5.91 Å². The lowest BCUT2D eigenvalue weighted by Crippen LogP contribution is -2.53. The Morgan fingerprint density at radius 2 is 1.67 bits per heavy atom. The lowest BCUT2D eigenvalue weighted by Gasteiger charge is -2.40. The standard InChI is InChI=1S/C22H32ClN3O/c23-18-4-3-5-20(16-18)24-19-10-8-17(9-11-19)22(27)26-14-12-25(13-15-26)21-6-1-2-7-21/h3-5,16-17,19,21,24H,1-2,6-15H2/t17-,19+. The number of halogens is 1. The molecule has 0 aromatic heterocycles. The normalized spacial score (nSPS) is 27.7. The molecule has 2 aliphatic carbocycles. The molecule has 0 bridgehead atoms. The van der Waals surface area contributed by atoms with Gasteiger partial charge in [-0.05, 0) is 56.7 Å². The zero-order valence-corrected chi connectivity index (χ0v) is 17.0. The van der Waals surface area contributed by atoms with E-state index in [4.69, 9.17) is 11.6 Å². The predicted octanol–water partition coefficient (Wildman–Crippen LogP) is 4.40. The Hall–Kier alpha value is -1.26. The summed E-state index contributed by atoms with van der Waals surface area (Å²) in [5, 5.41) is 4.35. The van der Waals surface area contributed by atoms with E-state index in [9.17, 15) is 4.79 Å². The first kappa shape index (κ1) is 19.1. The number of nitrogens with one attached hydrogen (secondary N) is 1. The van der Waals surface area contributed by atoms with E-state index < -0.39 is 0 Å². The zero-order chi connectivity index (χ0) is 18.6. The van der Waals surface area contributed by atoms with Crippen LogP contribution in [0.5, 0.6) is 0 Å². The summed E-state index contributed by atoms with van der Waals surface area (Å²) < 4.78 is 0. The highest BCUT2D eigenvalue weighted by atomic mass is 35.5. The van der Waals surface area contributed by atoms with Gasteiger partial charge in [0.15, 0.2) is 0 Å². The van der Waals surface area contributed by atoms with E-state index in [1.54, 1.807) is 0 Å². The van der Waals surface area contributed by atoms with Gasteiger partial charge in [-0.1, -0.05) is 30.5 Å². The molecule has 1 aliphatic heterocycles. The molecule has 0 radical (unpaired) electrons. The number of rotatable bonds is 4. The molecule has 0 atom stereocenters. The highest BCUT2D eigenvalue weighted by Crippen LogP contribution is 2.30. The fourth-order valence-electron chi connectivity index (χ4n) is 5.13. The SMILES string of the molecule is O=C([C@H]1CC[C@@H](Nc2cccc(Cl)c2)CC1)N1CCN(C2CCCC2)CC1. The lowest BCUT2D eigenvalue weighted by molar-refractivity contribution is -0.138. The van der Waals surface area contributed by atoms with Crippen molar-refractivity contribution in [2.24, 2.45) is 5.92 Å². The maximum Gasteiger partial charge on any atom is 0.225 e. The number of carbonyl (C=O) groups is 1. The summed E-state index contributed by atoms with van der Waals surface area (Å²) in [6, 6.07) is 9.15. The number of anilines is 1. The monoisotopic (exact) mass is 389 g/mol. The highest BCUT2D eigenvalue weighted by Gasteiger charge is 2.32. The van der Waals surface area contributed by atoms with Crippen LogP contribution in [0.3, 0.4) is 0 Å². The average Bonchev–Trinajstić information content (AvgIpc) is 3.23. The van der Waals surface area contributed by atoms with E-state index in [1.165, 1.54) is 25.7 Å². The van der Waals surface area contributed by atoms with Crippen molar-refractivity contribution in [1.29, 1.82) is 0 Å². The molecule has 1 N–H and O–H groups in total. The van der Waals surface area contributed by atoms with Gasteiger partial charge in [-0.25, -0.2) is 0 Å². The van der Waals surface area contributed by atoms with Crippen molar-refractivity contribution in [3.05, 3.63) is 29.3 Å². The Balaban J connectivity index is 1.22. The summed E-state index contributed by atoms with van der Waals surface area (Å²) in [6.45, 7) is 4.00. The van der Waals surface area contributed by atoms with Crippen LogP contribution < -0.4 is 5.32 Å². The molecule has 2 saturated carbocycles. The molecule has 1 aromatic rings. The van der Waals surface area contributed by atoms with Crippen molar-refractivity contribution in [3.8, 4) is 0 Å². The van der Waals surface area contributed by atoms with Gasteiger partial charge in [0.1, 0.15) is 0 Å². The van der Waals surface area contributed by atoms with Crippen molar-refractivity contribution in [2.75, 3.05) is 31.5 Å². The number of hydrogen-bond acceptors (Lipinski definition) is 3. The molecule has 3 fully saturated rings. The lowest BCUT2D eigenvalue weighted by atomic mass is 9.85. The number of carbonyl (C=O) groups excluding carboxylic acids is 1. The van der Waals surface area contributed by atoms with Crippen molar-refractivity contribution in [1.82, 2.24) is 9.80 Å². The van der Waals surface area contributed by atoms with Gasteiger partial charge in [0, 0.05) is 54.9 Å². The Morgan fingerprint density at radius 3 is 2.33 bits per heavy atom. The number of amides is 1.